The average molecular weight is 335 g/mol. The Balaban J connectivity index is 2.08. The number of benzene rings is 1. The molecule has 0 saturated carbocycles. The van der Waals surface area contributed by atoms with Crippen LogP contribution in [0.4, 0.5) is 4.79 Å². The molecule has 3 heterocycles. The van der Waals surface area contributed by atoms with E-state index in [1.807, 2.05) is 36.4 Å². The molecule has 5 heteroatoms. The predicted molar refractivity (Wildman–Crippen MR) is 97.9 cm³/mol. The second-order valence-electron chi connectivity index (χ2n) is 6.38. The second kappa shape index (κ2) is 5.62. The molecule has 0 fully saturated rings. The number of aromatic nitrogens is 2. The topological polar surface area (TPSA) is 56.2 Å². The Labute approximate surface area is 146 Å². The fraction of sp³-hybridized carbons (Fsp3) is 0.300. The summed E-state index contributed by atoms with van der Waals surface area (Å²) in [5, 5.41) is 3.21. The van der Waals surface area contributed by atoms with E-state index in [-0.39, 0.29) is 11.6 Å². The number of fused-ring (bicyclic) bond motifs is 3. The van der Waals surface area contributed by atoms with E-state index in [4.69, 9.17) is 4.74 Å². The Morgan fingerprint density at radius 3 is 2.52 bits per heavy atom. The van der Waals surface area contributed by atoms with Gasteiger partial charge in [-0.25, -0.2) is 4.79 Å². The van der Waals surface area contributed by atoms with Crippen LogP contribution in [0.15, 0.2) is 42.6 Å². The van der Waals surface area contributed by atoms with Gasteiger partial charge in [0.2, 0.25) is 0 Å². The Morgan fingerprint density at radius 2 is 1.88 bits per heavy atom. The van der Waals surface area contributed by atoms with Gasteiger partial charge < -0.3 is 10.1 Å². The van der Waals surface area contributed by atoms with Gasteiger partial charge in [0.15, 0.2) is 0 Å². The van der Waals surface area contributed by atoms with E-state index in [2.05, 4.69) is 24.1 Å². The summed E-state index contributed by atoms with van der Waals surface area (Å²) in [5.74, 6) is 0.809. The highest BCUT2D eigenvalue weighted by Gasteiger charge is 2.44. The normalized spacial score (nSPS) is 15.2. The Kier molecular flexibility index (Phi) is 3.53. The fourth-order valence-electron chi connectivity index (χ4n) is 3.89. The van der Waals surface area contributed by atoms with E-state index < -0.39 is 0 Å². The average Bonchev–Trinajstić information content (AvgIpc) is 3.16. The van der Waals surface area contributed by atoms with E-state index in [1.165, 1.54) is 0 Å². The molecule has 25 heavy (non-hydrogen) atoms. The number of carbonyl (C=O) groups excluding carboxylic acids is 1. The van der Waals surface area contributed by atoms with Crippen molar-refractivity contribution in [1.29, 1.82) is 0 Å². The molecule has 128 valence electrons. The van der Waals surface area contributed by atoms with Crippen LogP contribution < -0.4 is 10.1 Å². The SMILES string of the molecule is CCC1(CC)NC(=O)n2c1c(-c1ccc(OC)cc1)c1ncccc12. The van der Waals surface area contributed by atoms with Gasteiger partial charge in [0.1, 0.15) is 5.75 Å². The molecule has 1 N–H and O–H groups in total. The zero-order valence-corrected chi connectivity index (χ0v) is 14.7. The lowest BCUT2D eigenvalue weighted by molar-refractivity contribution is 0.237. The van der Waals surface area contributed by atoms with Crippen LogP contribution in [-0.4, -0.2) is 22.7 Å². The van der Waals surface area contributed by atoms with Gasteiger partial charge in [-0.3, -0.25) is 9.55 Å². The van der Waals surface area contributed by atoms with Crippen LogP contribution in [0.25, 0.3) is 22.2 Å². The van der Waals surface area contributed by atoms with Gasteiger partial charge in [-0.05, 0) is 42.7 Å². The summed E-state index contributed by atoms with van der Waals surface area (Å²) in [6, 6.07) is 11.7. The van der Waals surface area contributed by atoms with Crippen molar-refractivity contribution in [3.05, 3.63) is 48.3 Å². The largest absolute Gasteiger partial charge is 0.497 e. The number of nitrogens with one attached hydrogen (secondary N) is 1. The molecule has 0 atom stereocenters. The van der Waals surface area contributed by atoms with Crippen molar-refractivity contribution in [2.45, 2.75) is 32.2 Å². The number of nitrogens with zero attached hydrogens (tertiary/aromatic N) is 2. The highest BCUT2D eigenvalue weighted by atomic mass is 16.5. The van der Waals surface area contributed by atoms with E-state index in [0.29, 0.717) is 0 Å². The van der Waals surface area contributed by atoms with E-state index in [0.717, 1.165) is 46.4 Å². The molecular formula is C20H21N3O2. The van der Waals surface area contributed by atoms with E-state index >= 15 is 0 Å². The summed E-state index contributed by atoms with van der Waals surface area (Å²) in [6.07, 6.45) is 3.44. The Morgan fingerprint density at radius 1 is 1.16 bits per heavy atom. The fourth-order valence-corrected chi connectivity index (χ4v) is 3.89. The van der Waals surface area contributed by atoms with E-state index in [9.17, 15) is 4.79 Å². The van der Waals surface area contributed by atoms with Gasteiger partial charge in [-0.1, -0.05) is 26.0 Å². The van der Waals surface area contributed by atoms with Crippen molar-refractivity contribution in [3.8, 4) is 16.9 Å². The number of amides is 1. The van der Waals surface area contributed by atoms with Crippen LogP contribution in [0.3, 0.4) is 0 Å². The smallest absolute Gasteiger partial charge is 0.327 e. The maximum absolute atomic E-state index is 12.8. The van der Waals surface area contributed by atoms with Gasteiger partial charge in [-0.2, -0.15) is 0 Å². The molecule has 5 nitrogen and oxygen atoms in total. The lowest BCUT2D eigenvalue weighted by Crippen LogP contribution is -2.38. The molecule has 0 aliphatic carbocycles. The molecule has 1 amide bonds. The quantitative estimate of drug-likeness (QED) is 0.773. The first-order chi connectivity index (χ1) is 12.1. The van der Waals surface area contributed by atoms with Crippen molar-refractivity contribution < 1.29 is 9.53 Å². The zero-order chi connectivity index (χ0) is 17.6. The molecule has 1 aromatic carbocycles. The summed E-state index contributed by atoms with van der Waals surface area (Å²) in [4.78, 5) is 17.4. The molecule has 0 saturated heterocycles. The molecular weight excluding hydrogens is 314 g/mol. The molecule has 0 bridgehead atoms. The molecule has 2 aromatic heterocycles. The summed E-state index contributed by atoms with van der Waals surface area (Å²) >= 11 is 0. The van der Waals surface area contributed by atoms with Gasteiger partial charge in [0.05, 0.1) is 29.4 Å². The molecule has 4 rings (SSSR count). The third-order valence-corrected chi connectivity index (χ3v) is 5.31. The number of methoxy groups -OCH3 is 1. The third-order valence-electron chi connectivity index (χ3n) is 5.31. The van der Waals surface area contributed by atoms with Crippen LogP contribution in [0.1, 0.15) is 32.4 Å². The molecule has 1 aliphatic heterocycles. The van der Waals surface area contributed by atoms with Crippen molar-refractivity contribution in [2.75, 3.05) is 7.11 Å². The molecule has 0 unspecified atom stereocenters. The minimum absolute atomic E-state index is 0.0727. The first kappa shape index (κ1) is 15.7. The van der Waals surface area contributed by atoms with Crippen LogP contribution in [0, 0.1) is 0 Å². The maximum atomic E-state index is 12.8. The highest BCUT2D eigenvalue weighted by molar-refractivity contribution is 6.04. The molecule has 3 aromatic rings. The van der Waals surface area contributed by atoms with Gasteiger partial charge in [0.25, 0.3) is 0 Å². The third kappa shape index (κ3) is 2.08. The summed E-state index contributed by atoms with van der Waals surface area (Å²) in [7, 11) is 1.66. The molecule has 1 aliphatic rings. The van der Waals surface area contributed by atoms with Crippen molar-refractivity contribution in [2.24, 2.45) is 0 Å². The lowest BCUT2D eigenvalue weighted by Gasteiger charge is -2.27. The maximum Gasteiger partial charge on any atom is 0.327 e. The van der Waals surface area contributed by atoms with E-state index in [1.54, 1.807) is 17.9 Å². The lowest BCUT2D eigenvalue weighted by atomic mass is 9.86. The number of rotatable bonds is 4. The number of hydrogen-bond acceptors (Lipinski definition) is 3. The monoisotopic (exact) mass is 335 g/mol. The number of pyridine rings is 1. The van der Waals surface area contributed by atoms with Crippen LogP contribution in [-0.2, 0) is 5.54 Å². The summed E-state index contributed by atoms with van der Waals surface area (Å²) in [5.41, 5.74) is 4.43. The van der Waals surface area contributed by atoms with Gasteiger partial charge >= 0.3 is 6.03 Å². The molecule has 0 radical (unpaired) electrons. The second-order valence-corrected chi connectivity index (χ2v) is 6.38. The van der Waals surface area contributed by atoms with Crippen molar-refractivity contribution in [1.82, 2.24) is 14.9 Å². The number of hydrogen-bond donors (Lipinski definition) is 1. The predicted octanol–water partition coefficient (Wildman–Crippen LogP) is 4.30. The zero-order valence-electron chi connectivity index (χ0n) is 14.7. The van der Waals surface area contributed by atoms with Crippen molar-refractivity contribution >= 4 is 17.1 Å². The van der Waals surface area contributed by atoms with Crippen molar-refractivity contribution in [3.63, 3.8) is 0 Å². The summed E-state index contributed by atoms with van der Waals surface area (Å²) < 4.78 is 7.08. The first-order valence-corrected chi connectivity index (χ1v) is 8.62. The Bertz CT molecular complexity index is 953. The van der Waals surface area contributed by atoms with Crippen LogP contribution in [0.2, 0.25) is 0 Å². The minimum atomic E-state index is -0.368. The standard InChI is InChI=1S/C20H21N3O2/c1-4-20(5-2)18-16(13-8-10-14(25-3)11-9-13)17-15(7-6-12-21-17)23(18)19(24)22-20/h6-12H,4-5H2,1-3H3,(H,22,24). The summed E-state index contributed by atoms with van der Waals surface area (Å²) in [6.45, 7) is 4.23. The number of ether oxygens (including phenoxy) is 1. The van der Waals surface area contributed by atoms with Gasteiger partial charge in [-0.15, -0.1) is 0 Å². The Hall–Kier alpha value is -2.82. The van der Waals surface area contributed by atoms with Gasteiger partial charge in [0, 0.05) is 11.8 Å². The van der Waals surface area contributed by atoms with Crippen LogP contribution >= 0.6 is 0 Å². The highest BCUT2D eigenvalue weighted by Crippen LogP contribution is 2.45. The first-order valence-electron chi connectivity index (χ1n) is 8.62. The number of carbonyl (C=O) groups is 1. The van der Waals surface area contributed by atoms with Crippen LogP contribution in [0.5, 0.6) is 5.75 Å². The minimum Gasteiger partial charge on any atom is -0.497 e. The molecule has 0 spiro atoms.